The highest BCUT2D eigenvalue weighted by molar-refractivity contribution is 6.01. The minimum absolute atomic E-state index is 0.0491. The number of fused-ring (bicyclic) bond motifs is 1. The smallest absolute Gasteiger partial charge is 0.255 e. The summed E-state index contributed by atoms with van der Waals surface area (Å²) < 4.78 is 0. The van der Waals surface area contributed by atoms with Crippen molar-refractivity contribution in [3.05, 3.63) is 71.3 Å². The summed E-state index contributed by atoms with van der Waals surface area (Å²) in [6.07, 6.45) is 2.38. The van der Waals surface area contributed by atoms with Crippen molar-refractivity contribution in [3.63, 3.8) is 0 Å². The lowest BCUT2D eigenvalue weighted by atomic mass is 10.0. The molecule has 0 spiro atoms. The Morgan fingerprint density at radius 1 is 1.07 bits per heavy atom. The quantitative estimate of drug-likeness (QED) is 0.855. The van der Waals surface area contributed by atoms with E-state index >= 15 is 0 Å². The second-order valence-electron chi connectivity index (χ2n) is 7.33. The van der Waals surface area contributed by atoms with Gasteiger partial charge in [0, 0.05) is 24.6 Å². The lowest BCUT2D eigenvalue weighted by Crippen LogP contribution is -2.52. The zero-order chi connectivity index (χ0) is 18.6. The Hall–Kier alpha value is -2.66. The minimum Gasteiger partial charge on any atom is -0.351 e. The van der Waals surface area contributed by atoms with Crippen LogP contribution < -0.4 is 10.6 Å². The van der Waals surface area contributed by atoms with Gasteiger partial charge in [-0.1, -0.05) is 48.5 Å². The minimum atomic E-state index is -0.498. The molecule has 2 aliphatic heterocycles. The normalized spacial score (nSPS) is 18.2. The molecule has 1 fully saturated rings. The molecule has 0 aliphatic carbocycles. The van der Waals surface area contributed by atoms with Gasteiger partial charge in [-0.05, 0) is 43.1 Å². The van der Waals surface area contributed by atoms with Crippen LogP contribution in [0.15, 0.2) is 54.6 Å². The zero-order valence-electron chi connectivity index (χ0n) is 15.4. The molecule has 5 heteroatoms. The van der Waals surface area contributed by atoms with Crippen LogP contribution in [0, 0.1) is 0 Å². The molecule has 5 nitrogen and oxygen atoms in total. The third kappa shape index (κ3) is 3.88. The number of piperidine rings is 1. The Labute approximate surface area is 159 Å². The standard InChI is InChI=1S/C22H25N3O2/c26-21(24-18-10-12-23-13-11-18)20(14-16-6-2-1-3-7-16)25-15-17-8-4-5-9-19(17)22(25)27/h1-9,18,20,23H,10-15H2,(H,24,26)/t20-/m1/s1. The maximum Gasteiger partial charge on any atom is 0.255 e. The third-order valence-corrected chi connectivity index (χ3v) is 5.49. The van der Waals surface area contributed by atoms with Gasteiger partial charge < -0.3 is 15.5 Å². The molecule has 1 saturated heterocycles. The summed E-state index contributed by atoms with van der Waals surface area (Å²) in [5.74, 6) is -0.0982. The molecule has 0 aromatic heterocycles. The van der Waals surface area contributed by atoms with Crippen molar-refractivity contribution in [1.82, 2.24) is 15.5 Å². The van der Waals surface area contributed by atoms with Crippen molar-refractivity contribution in [2.45, 2.75) is 37.9 Å². The van der Waals surface area contributed by atoms with E-state index in [4.69, 9.17) is 0 Å². The highest BCUT2D eigenvalue weighted by Crippen LogP contribution is 2.26. The number of rotatable bonds is 5. The molecule has 2 N–H and O–H groups in total. The van der Waals surface area contributed by atoms with Crippen LogP contribution in [0.2, 0.25) is 0 Å². The van der Waals surface area contributed by atoms with Gasteiger partial charge in [0.05, 0.1) is 0 Å². The monoisotopic (exact) mass is 363 g/mol. The van der Waals surface area contributed by atoms with Gasteiger partial charge in [0.2, 0.25) is 5.91 Å². The van der Waals surface area contributed by atoms with Crippen LogP contribution in [-0.2, 0) is 17.8 Å². The molecule has 0 saturated carbocycles. The van der Waals surface area contributed by atoms with E-state index in [9.17, 15) is 9.59 Å². The summed E-state index contributed by atoms with van der Waals surface area (Å²) in [7, 11) is 0. The molecular weight excluding hydrogens is 338 g/mol. The van der Waals surface area contributed by atoms with E-state index in [2.05, 4.69) is 10.6 Å². The van der Waals surface area contributed by atoms with Gasteiger partial charge in [-0.25, -0.2) is 0 Å². The van der Waals surface area contributed by atoms with Gasteiger partial charge in [-0.15, -0.1) is 0 Å². The molecule has 0 unspecified atom stereocenters. The molecule has 2 aromatic rings. The van der Waals surface area contributed by atoms with Crippen LogP contribution >= 0.6 is 0 Å². The highest BCUT2D eigenvalue weighted by atomic mass is 16.2. The molecule has 27 heavy (non-hydrogen) atoms. The molecule has 2 amide bonds. The van der Waals surface area contributed by atoms with Gasteiger partial charge in [-0.3, -0.25) is 9.59 Å². The Morgan fingerprint density at radius 3 is 2.52 bits per heavy atom. The summed E-state index contributed by atoms with van der Waals surface area (Å²) in [5.41, 5.74) is 2.77. The van der Waals surface area contributed by atoms with E-state index in [0.717, 1.165) is 37.1 Å². The molecule has 140 valence electrons. The van der Waals surface area contributed by atoms with Crippen molar-refractivity contribution in [3.8, 4) is 0 Å². The van der Waals surface area contributed by atoms with Gasteiger partial charge in [0.1, 0.15) is 6.04 Å². The van der Waals surface area contributed by atoms with Crippen LogP contribution in [0.4, 0.5) is 0 Å². The fourth-order valence-electron chi connectivity index (χ4n) is 3.97. The second kappa shape index (κ2) is 7.92. The molecule has 0 radical (unpaired) electrons. The lowest BCUT2D eigenvalue weighted by Gasteiger charge is -2.30. The Balaban J connectivity index is 1.56. The summed E-state index contributed by atoms with van der Waals surface area (Å²) >= 11 is 0. The number of hydrogen-bond acceptors (Lipinski definition) is 3. The largest absolute Gasteiger partial charge is 0.351 e. The number of carbonyl (C=O) groups is 2. The molecule has 2 aromatic carbocycles. The first-order chi connectivity index (χ1) is 13.2. The van der Waals surface area contributed by atoms with Crippen molar-refractivity contribution >= 4 is 11.8 Å². The summed E-state index contributed by atoms with van der Waals surface area (Å²) in [4.78, 5) is 27.9. The van der Waals surface area contributed by atoms with E-state index in [1.54, 1.807) is 4.90 Å². The zero-order valence-corrected chi connectivity index (χ0v) is 15.4. The molecule has 4 rings (SSSR count). The van der Waals surface area contributed by atoms with Crippen LogP contribution in [0.5, 0.6) is 0 Å². The third-order valence-electron chi connectivity index (χ3n) is 5.49. The van der Waals surface area contributed by atoms with Crippen molar-refractivity contribution < 1.29 is 9.59 Å². The predicted molar refractivity (Wildman–Crippen MR) is 104 cm³/mol. The van der Waals surface area contributed by atoms with Gasteiger partial charge in [0.25, 0.3) is 5.91 Å². The first-order valence-corrected chi connectivity index (χ1v) is 9.66. The number of nitrogens with one attached hydrogen (secondary N) is 2. The first kappa shape index (κ1) is 17.7. The van der Waals surface area contributed by atoms with Crippen molar-refractivity contribution in [2.24, 2.45) is 0 Å². The maximum absolute atomic E-state index is 13.2. The predicted octanol–water partition coefficient (Wildman–Crippen LogP) is 2.12. The molecule has 0 bridgehead atoms. The van der Waals surface area contributed by atoms with E-state index in [1.165, 1.54) is 0 Å². The number of amides is 2. The molecule has 2 aliphatic rings. The Kier molecular flexibility index (Phi) is 5.21. The number of hydrogen-bond donors (Lipinski definition) is 2. The summed E-state index contributed by atoms with van der Waals surface area (Å²) in [6, 6.07) is 17.2. The topological polar surface area (TPSA) is 61.4 Å². The average molecular weight is 363 g/mol. The molecular formula is C22H25N3O2. The summed E-state index contributed by atoms with van der Waals surface area (Å²) in [6.45, 7) is 2.33. The fourth-order valence-corrected chi connectivity index (χ4v) is 3.97. The fraction of sp³-hybridized carbons (Fsp3) is 0.364. The Morgan fingerprint density at radius 2 is 1.78 bits per heavy atom. The van der Waals surface area contributed by atoms with Crippen molar-refractivity contribution in [2.75, 3.05) is 13.1 Å². The van der Waals surface area contributed by atoms with Gasteiger partial charge in [-0.2, -0.15) is 0 Å². The number of carbonyl (C=O) groups excluding carboxylic acids is 2. The first-order valence-electron chi connectivity index (χ1n) is 9.66. The second-order valence-corrected chi connectivity index (χ2v) is 7.33. The van der Waals surface area contributed by atoms with Crippen molar-refractivity contribution in [1.29, 1.82) is 0 Å². The van der Waals surface area contributed by atoms with E-state index < -0.39 is 6.04 Å². The lowest BCUT2D eigenvalue weighted by molar-refractivity contribution is -0.126. The SMILES string of the molecule is O=C(NC1CCNCC1)[C@@H](Cc1ccccc1)N1Cc2ccccc2C1=O. The van der Waals surface area contributed by atoms with Crippen LogP contribution in [-0.4, -0.2) is 41.9 Å². The Bertz CT molecular complexity index is 815. The van der Waals surface area contributed by atoms with Crippen LogP contribution in [0.1, 0.15) is 34.3 Å². The molecule has 2 heterocycles. The average Bonchev–Trinajstić information content (AvgIpc) is 3.04. The molecule has 1 atom stereocenters. The van der Waals surface area contributed by atoms with Gasteiger partial charge in [0.15, 0.2) is 0 Å². The number of nitrogens with zero attached hydrogens (tertiary/aromatic N) is 1. The van der Waals surface area contributed by atoms with E-state index in [-0.39, 0.29) is 17.9 Å². The van der Waals surface area contributed by atoms with Crippen LogP contribution in [0.25, 0.3) is 0 Å². The summed E-state index contributed by atoms with van der Waals surface area (Å²) in [5, 5.41) is 6.51. The number of benzene rings is 2. The van der Waals surface area contributed by atoms with E-state index in [1.807, 2.05) is 54.6 Å². The van der Waals surface area contributed by atoms with Crippen LogP contribution in [0.3, 0.4) is 0 Å². The maximum atomic E-state index is 13.2. The van der Waals surface area contributed by atoms with E-state index in [0.29, 0.717) is 18.5 Å². The van der Waals surface area contributed by atoms with Gasteiger partial charge >= 0.3 is 0 Å². The highest BCUT2D eigenvalue weighted by Gasteiger charge is 2.36.